The van der Waals surface area contributed by atoms with Gasteiger partial charge in [0.1, 0.15) is 0 Å². The molecule has 0 saturated carbocycles. The van der Waals surface area contributed by atoms with E-state index in [0.29, 0.717) is 11.3 Å². The zero-order valence-electron chi connectivity index (χ0n) is 9.40. The van der Waals surface area contributed by atoms with Gasteiger partial charge in [-0.15, -0.1) is 0 Å². The molecule has 0 saturated heterocycles. The molecule has 88 valence electrons. The predicted molar refractivity (Wildman–Crippen MR) is 75.4 cm³/mol. The Morgan fingerprint density at radius 1 is 1.59 bits per heavy atom. The minimum Gasteiger partial charge on any atom is -0.296 e. The number of nitrogens with one attached hydrogen (secondary N) is 1. The summed E-state index contributed by atoms with van der Waals surface area (Å²) >= 11 is 8.67. The topological polar surface area (TPSA) is 33.6 Å². The normalized spacial score (nSPS) is 10.5. The van der Waals surface area contributed by atoms with Crippen LogP contribution in [0.1, 0.15) is 6.92 Å². The number of hydrogen-bond donors (Lipinski definition) is 1. The first-order valence-corrected chi connectivity index (χ1v) is 6.33. The van der Waals surface area contributed by atoms with Crippen LogP contribution < -0.4 is 0 Å². The van der Waals surface area contributed by atoms with E-state index < -0.39 is 0 Å². The predicted octanol–water partition coefficient (Wildman–Crippen LogP) is 3.95. The van der Waals surface area contributed by atoms with Gasteiger partial charge >= 0.3 is 0 Å². The molecule has 0 aliphatic heterocycles. The molecule has 1 aromatic carbocycles. The largest absolute Gasteiger partial charge is 0.296 e. The Hall–Kier alpha value is -1.20. The van der Waals surface area contributed by atoms with Crippen LogP contribution in [0.5, 0.6) is 0 Å². The highest BCUT2D eigenvalue weighted by Gasteiger charge is 2.08. The van der Waals surface area contributed by atoms with Crippen molar-refractivity contribution < 1.29 is 0 Å². The lowest BCUT2D eigenvalue weighted by Crippen LogP contribution is -2.01. The van der Waals surface area contributed by atoms with Crippen LogP contribution in [0.3, 0.4) is 0 Å². The number of H-pyrrole nitrogens is 1. The van der Waals surface area contributed by atoms with E-state index in [9.17, 15) is 0 Å². The van der Waals surface area contributed by atoms with E-state index in [2.05, 4.69) is 32.7 Å². The van der Waals surface area contributed by atoms with Gasteiger partial charge in [-0.05, 0) is 31.3 Å². The van der Waals surface area contributed by atoms with Crippen LogP contribution in [0.15, 0.2) is 40.9 Å². The monoisotopic (exact) mass is 309 g/mol. The average molecular weight is 310 g/mol. The Kier molecular flexibility index (Phi) is 3.59. The van der Waals surface area contributed by atoms with Gasteiger partial charge in [-0.1, -0.05) is 40.2 Å². The molecule has 0 bridgehead atoms. The highest BCUT2D eigenvalue weighted by molar-refractivity contribution is 9.10. The van der Waals surface area contributed by atoms with Crippen molar-refractivity contribution in [2.75, 3.05) is 0 Å². The molecule has 0 unspecified atom stereocenters. The van der Waals surface area contributed by atoms with Gasteiger partial charge in [0.2, 0.25) is 0 Å². The first-order valence-electron chi connectivity index (χ1n) is 5.13. The maximum absolute atomic E-state index is 5.22. The fraction of sp³-hybridized carbons (Fsp3) is 0.167. The molecule has 0 aliphatic carbocycles. The Bertz CT molecular complexity index is 612. The molecule has 0 atom stereocenters. The number of hydrogen-bond acceptors (Lipinski definition) is 2. The molecule has 0 aliphatic rings. The van der Waals surface area contributed by atoms with Gasteiger partial charge in [0.05, 0.1) is 0 Å². The number of aromatic nitrogens is 3. The van der Waals surface area contributed by atoms with Crippen LogP contribution in [0.4, 0.5) is 0 Å². The van der Waals surface area contributed by atoms with Gasteiger partial charge in [-0.3, -0.25) is 9.67 Å². The molecule has 2 rings (SSSR count). The van der Waals surface area contributed by atoms with Crippen molar-refractivity contribution >= 4 is 28.1 Å². The van der Waals surface area contributed by atoms with Crippen molar-refractivity contribution in [3.05, 3.63) is 45.7 Å². The third-order valence-corrected chi connectivity index (χ3v) is 3.07. The lowest BCUT2D eigenvalue weighted by molar-refractivity contribution is 0.778. The van der Waals surface area contributed by atoms with Crippen LogP contribution in [0, 0.1) is 4.77 Å². The molecule has 1 heterocycles. The van der Waals surface area contributed by atoms with E-state index in [4.69, 9.17) is 12.2 Å². The van der Waals surface area contributed by atoms with Crippen molar-refractivity contribution in [3.8, 4) is 11.4 Å². The quantitative estimate of drug-likeness (QED) is 0.688. The Balaban J connectivity index is 2.52. The van der Waals surface area contributed by atoms with Crippen molar-refractivity contribution in [1.82, 2.24) is 14.8 Å². The summed E-state index contributed by atoms with van der Waals surface area (Å²) in [7, 11) is 0. The SMILES string of the molecule is C=C(C)Cn1c(-c2cccc(Br)c2)n[nH]c1=S. The minimum atomic E-state index is 0.614. The Labute approximate surface area is 113 Å². The maximum Gasteiger partial charge on any atom is 0.195 e. The van der Waals surface area contributed by atoms with E-state index in [0.717, 1.165) is 21.4 Å². The molecule has 2 aromatic rings. The van der Waals surface area contributed by atoms with Crippen LogP contribution in [0.25, 0.3) is 11.4 Å². The first kappa shape index (κ1) is 12.3. The second-order valence-electron chi connectivity index (χ2n) is 3.91. The van der Waals surface area contributed by atoms with Crippen LogP contribution in [-0.4, -0.2) is 14.8 Å². The van der Waals surface area contributed by atoms with E-state index in [1.165, 1.54) is 0 Å². The van der Waals surface area contributed by atoms with Gasteiger partial charge in [0, 0.05) is 16.6 Å². The maximum atomic E-state index is 5.22. The minimum absolute atomic E-state index is 0.614. The van der Waals surface area contributed by atoms with Crippen molar-refractivity contribution in [2.24, 2.45) is 0 Å². The number of rotatable bonds is 3. The highest BCUT2D eigenvalue weighted by atomic mass is 79.9. The number of nitrogens with zero attached hydrogens (tertiary/aromatic N) is 2. The van der Waals surface area contributed by atoms with Crippen molar-refractivity contribution in [3.63, 3.8) is 0 Å². The number of halogens is 1. The molecule has 1 aromatic heterocycles. The third kappa shape index (κ3) is 2.73. The molecule has 0 radical (unpaired) electrons. The fourth-order valence-electron chi connectivity index (χ4n) is 1.58. The number of benzene rings is 1. The van der Waals surface area contributed by atoms with Crippen LogP contribution in [-0.2, 0) is 6.54 Å². The second-order valence-corrected chi connectivity index (χ2v) is 5.21. The van der Waals surface area contributed by atoms with Gasteiger partial charge in [-0.25, -0.2) is 0 Å². The summed E-state index contributed by atoms with van der Waals surface area (Å²) in [5.74, 6) is 0.833. The van der Waals surface area contributed by atoms with Gasteiger partial charge in [-0.2, -0.15) is 5.10 Å². The van der Waals surface area contributed by atoms with Gasteiger partial charge < -0.3 is 0 Å². The zero-order chi connectivity index (χ0) is 12.4. The van der Waals surface area contributed by atoms with Gasteiger partial charge in [0.25, 0.3) is 0 Å². The zero-order valence-corrected chi connectivity index (χ0v) is 11.8. The average Bonchev–Trinajstić information content (AvgIpc) is 2.60. The molecule has 0 fully saturated rings. The smallest absolute Gasteiger partial charge is 0.195 e. The van der Waals surface area contributed by atoms with E-state index >= 15 is 0 Å². The molecule has 0 amide bonds. The molecule has 0 spiro atoms. The Morgan fingerprint density at radius 3 is 3.00 bits per heavy atom. The lowest BCUT2D eigenvalue weighted by atomic mass is 10.2. The van der Waals surface area contributed by atoms with Crippen LogP contribution >= 0.6 is 28.1 Å². The molecular weight excluding hydrogens is 298 g/mol. The van der Waals surface area contributed by atoms with Crippen LogP contribution in [0.2, 0.25) is 0 Å². The molecule has 3 nitrogen and oxygen atoms in total. The number of allylic oxidation sites excluding steroid dienone is 1. The summed E-state index contributed by atoms with van der Waals surface area (Å²) in [6, 6.07) is 7.97. The third-order valence-electron chi connectivity index (χ3n) is 2.27. The summed E-state index contributed by atoms with van der Waals surface area (Å²) < 4.78 is 3.58. The Morgan fingerprint density at radius 2 is 2.35 bits per heavy atom. The molecule has 1 N–H and O–H groups in total. The highest BCUT2D eigenvalue weighted by Crippen LogP contribution is 2.21. The summed E-state index contributed by atoms with van der Waals surface area (Å²) in [5.41, 5.74) is 2.06. The summed E-state index contributed by atoms with van der Waals surface area (Å²) in [6.45, 7) is 6.55. The number of aromatic amines is 1. The van der Waals surface area contributed by atoms with Gasteiger partial charge in [0.15, 0.2) is 10.6 Å². The van der Waals surface area contributed by atoms with E-state index in [1.54, 1.807) is 0 Å². The van der Waals surface area contributed by atoms with E-state index in [1.807, 2.05) is 35.8 Å². The summed E-state index contributed by atoms with van der Waals surface area (Å²) in [5, 5.41) is 7.08. The molecular formula is C12H12BrN3S. The molecule has 17 heavy (non-hydrogen) atoms. The first-order chi connectivity index (χ1) is 8.08. The second kappa shape index (κ2) is 4.98. The fourth-order valence-corrected chi connectivity index (χ4v) is 2.18. The lowest BCUT2D eigenvalue weighted by Gasteiger charge is -2.06. The van der Waals surface area contributed by atoms with Crippen molar-refractivity contribution in [2.45, 2.75) is 13.5 Å². The summed E-state index contributed by atoms with van der Waals surface area (Å²) in [4.78, 5) is 0. The molecule has 5 heteroatoms. The van der Waals surface area contributed by atoms with Crippen molar-refractivity contribution in [1.29, 1.82) is 0 Å². The summed E-state index contributed by atoms with van der Waals surface area (Å²) in [6.07, 6.45) is 0. The van der Waals surface area contributed by atoms with E-state index in [-0.39, 0.29) is 0 Å². The standard InChI is InChI=1S/C12H12BrN3S/c1-8(2)7-16-11(14-15-12(16)17)9-4-3-5-10(13)6-9/h3-6H,1,7H2,2H3,(H,15,17).